The van der Waals surface area contributed by atoms with Crippen molar-refractivity contribution in [1.29, 1.82) is 0 Å². The van der Waals surface area contributed by atoms with Gasteiger partial charge in [-0.2, -0.15) is 0 Å². The number of likely N-dealkylation sites (N-methyl/N-ethyl adjacent to an activating group) is 1. The van der Waals surface area contributed by atoms with Gasteiger partial charge in [0, 0.05) is 33.1 Å². The lowest BCUT2D eigenvalue weighted by atomic mass is 10.0. The molecule has 1 atom stereocenters. The van der Waals surface area contributed by atoms with Gasteiger partial charge in [-0.15, -0.1) is 0 Å². The van der Waals surface area contributed by atoms with Crippen LogP contribution in [0.2, 0.25) is 0 Å². The number of hydrogen-bond donors (Lipinski definition) is 0. The van der Waals surface area contributed by atoms with Crippen LogP contribution in [-0.4, -0.2) is 72.5 Å². The summed E-state index contributed by atoms with van der Waals surface area (Å²) in [5, 5.41) is 0. The fourth-order valence-electron chi connectivity index (χ4n) is 4.10. The van der Waals surface area contributed by atoms with Crippen molar-refractivity contribution < 1.29 is 18.7 Å². The van der Waals surface area contributed by atoms with Crippen LogP contribution >= 0.6 is 0 Å². The Labute approximate surface area is 181 Å². The zero-order chi connectivity index (χ0) is 22.1. The maximum Gasteiger partial charge on any atom is 0.272 e. The van der Waals surface area contributed by atoms with Gasteiger partial charge in [0.15, 0.2) is 0 Å². The summed E-state index contributed by atoms with van der Waals surface area (Å²) < 4.78 is 19.2. The summed E-state index contributed by atoms with van der Waals surface area (Å²) in [6.07, 6.45) is 0.398. The lowest BCUT2D eigenvalue weighted by Gasteiger charge is -2.35. The van der Waals surface area contributed by atoms with E-state index in [9.17, 15) is 14.0 Å². The van der Waals surface area contributed by atoms with Crippen molar-refractivity contribution in [2.24, 2.45) is 0 Å². The van der Waals surface area contributed by atoms with E-state index in [1.807, 2.05) is 20.0 Å². The fraction of sp³-hybridized carbons (Fsp3) is 0.435. The van der Waals surface area contributed by atoms with E-state index in [-0.39, 0.29) is 23.7 Å². The third kappa shape index (κ3) is 4.39. The number of benzene rings is 1. The predicted octanol–water partition coefficient (Wildman–Crippen LogP) is 2.33. The number of ether oxygens (including phenoxy) is 1. The minimum atomic E-state index is -0.314. The van der Waals surface area contributed by atoms with Gasteiger partial charge in [0.25, 0.3) is 5.91 Å². The number of carbonyl (C=O) groups is 2. The molecule has 0 unspecified atom stereocenters. The van der Waals surface area contributed by atoms with Gasteiger partial charge in [0.1, 0.15) is 23.8 Å². The summed E-state index contributed by atoms with van der Waals surface area (Å²) in [6.45, 7) is 6.59. The fourth-order valence-corrected chi connectivity index (χ4v) is 4.10. The highest BCUT2D eigenvalue weighted by Crippen LogP contribution is 2.35. The number of amides is 2. The van der Waals surface area contributed by atoms with Gasteiger partial charge in [0.05, 0.1) is 6.04 Å². The minimum Gasteiger partial charge on any atom is -0.474 e. The van der Waals surface area contributed by atoms with Gasteiger partial charge in [-0.3, -0.25) is 9.59 Å². The van der Waals surface area contributed by atoms with Gasteiger partial charge >= 0.3 is 0 Å². The van der Waals surface area contributed by atoms with E-state index in [1.54, 1.807) is 21.9 Å². The molecule has 0 bridgehead atoms. The van der Waals surface area contributed by atoms with Crippen LogP contribution in [0.1, 0.15) is 35.5 Å². The van der Waals surface area contributed by atoms with Crippen LogP contribution in [0.5, 0.6) is 5.88 Å². The molecule has 1 aromatic heterocycles. The van der Waals surface area contributed by atoms with Crippen LogP contribution in [0.15, 0.2) is 30.3 Å². The van der Waals surface area contributed by atoms with Gasteiger partial charge < -0.3 is 19.4 Å². The standard InChI is InChI=1S/C23H27FN4O3/c1-15-14-31-22-20(28(15)16(2)29)13-18(12-17-4-6-19(24)7-5-17)21(25-22)23(30)27-10-8-26(3)9-11-27/h4-7,13,15H,8-12,14H2,1-3H3/t15-/m0/s1. The third-order valence-corrected chi connectivity index (χ3v) is 5.85. The number of piperazine rings is 1. The average Bonchev–Trinajstić information content (AvgIpc) is 2.74. The molecule has 1 saturated heterocycles. The smallest absolute Gasteiger partial charge is 0.272 e. The third-order valence-electron chi connectivity index (χ3n) is 5.85. The Balaban J connectivity index is 1.76. The molecule has 3 heterocycles. The quantitative estimate of drug-likeness (QED) is 0.754. The summed E-state index contributed by atoms with van der Waals surface area (Å²) in [6, 6.07) is 7.88. The number of nitrogens with zero attached hydrogens (tertiary/aromatic N) is 4. The predicted molar refractivity (Wildman–Crippen MR) is 115 cm³/mol. The number of anilines is 1. The highest BCUT2D eigenvalue weighted by atomic mass is 19.1. The van der Waals surface area contributed by atoms with Crippen LogP contribution in [-0.2, 0) is 11.2 Å². The van der Waals surface area contributed by atoms with Crippen molar-refractivity contribution in [3.05, 3.63) is 53.0 Å². The molecule has 0 N–H and O–H groups in total. The van der Waals surface area contributed by atoms with E-state index in [0.29, 0.717) is 48.9 Å². The monoisotopic (exact) mass is 426 g/mol. The molecule has 164 valence electrons. The second-order valence-corrected chi connectivity index (χ2v) is 8.27. The molecule has 31 heavy (non-hydrogen) atoms. The van der Waals surface area contributed by atoms with E-state index < -0.39 is 0 Å². The van der Waals surface area contributed by atoms with Crippen molar-refractivity contribution >= 4 is 17.5 Å². The summed E-state index contributed by atoms with van der Waals surface area (Å²) >= 11 is 0. The molecule has 2 aromatic rings. The molecular formula is C23H27FN4O3. The number of rotatable bonds is 3. The van der Waals surface area contributed by atoms with Crippen molar-refractivity contribution in [3.63, 3.8) is 0 Å². The Kier molecular flexibility index (Phi) is 5.91. The summed E-state index contributed by atoms with van der Waals surface area (Å²) in [4.78, 5) is 35.9. The van der Waals surface area contributed by atoms with Crippen LogP contribution < -0.4 is 9.64 Å². The summed E-state index contributed by atoms with van der Waals surface area (Å²) in [5.41, 5.74) is 2.44. The molecule has 1 aromatic carbocycles. The lowest BCUT2D eigenvalue weighted by Crippen LogP contribution is -2.48. The number of carbonyl (C=O) groups excluding carboxylic acids is 2. The molecule has 7 nitrogen and oxygen atoms in total. The normalized spacial score (nSPS) is 19.0. The largest absolute Gasteiger partial charge is 0.474 e. The maximum atomic E-state index is 13.4. The molecule has 2 aliphatic rings. The summed E-state index contributed by atoms with van der Waals surface area (Å²) in [5.74, 6) is -0.269. The van der Waals surface area contributed by atoms with E-state index in [0.717, 1.165) is 18.7 Å². The van der Waals surface area contributed by atoms with E-state index in [1.165, 1.54) is 19.1 Å². The second kappa shape index (κ2) is 8.63. The number of hydrogen-bond acceptors (Lipinski definition) is 5. The first-order valence-electron chi connectivity index (χ1n) is 10.5. The maximum absolute atomic E-state index is 13.4. The van der Waals surface area contributed by atoms with E-state index in [2.05, 4.69) is 9.88 Å². The van der Waals surface area contributed by atoms with Crippen molar-refractivity contribution in [2.45, 2.75) is 26.3 Å². The van der Waals surface area contributed by atoms with Crippen molar-refractivity contribution in [2.75, 3.05) is 44.7 Å². The number of fused-ring (bicyclic) bond motifs is 1. The zero-order valence-electron chi connectivity index (χ0n) is 18.1. The highest BCUT2D eigenvalue weighted by Gasteiger charge is 2.32. The van der Waals surface area contributed by atoms with E-state index in [4.69, 9.17) is 4.74 Å². The first-order chi connectivity index (χ1) is 14.8. The molecule has 1 fully saturated rings. The van der Waals surface area contributed by atoms with Gasteiger partial charge in [0.2, 0.25) is 11.8 Å². The molecule has 0 saturated carbocycles. The Morgan fingerprint density at radius 3 is 2.48 bits per heavy atom. The molecule has 0 spiro atoms. The number of halogens is 1. The molecule has 0 aliphatic carbocycles. The van der Waals surface area contributed by atoms with E-state index >= 15 is 0 Å². The Morgan fingerprint density at radius 2 is 1.84 bits per heavy atom. The molecule has 4 rings (SSSR count). The lowest BCUT2D eigenvalue weighted by molar-refractivity contribution is -0.117. The average molecular weight is 426 g/mol. The number of aromatic nitrogens is 1. The SMILES string of the molecule is CC(=O)N1c2cc(Cc3ccc(F)cc3)c(C(=O)N3CCN(C)CC3)nc2OC[C@@H]1C. The Bertz CT molecular complexity index is 987. The molecule has 2 aliphatic heterocycles. The van der Waals surface area contributed by atoms with Crippen LogP contribution in [0, 0.1) is 5.82 Å². The Morgan fingerprint density at radius 1 is 1.16 bits per heavy atom. The van der Waals surface area contributed by atoms with Crippen LogP contribution in [0.3, 0.4) is 0 Å². The summed E-state index contributed by atoms with van der Waals surface area (Å²) in [7, 11) is 2.03. The molecule has 2 amide bonds. The minimum absolute atomic E-state index is 0.107. The molecular weight excluding hydrogens is 399 g/mol. The molecule has 8 heteroatoms. The molecule has 0 radical (unpaired) electrons. The van der Waals surface area contributed by atoms with Gasteiger partial charge in [-0.05, 0) is 49.7 Å². The van der Waals surface area contributed by atoms with Crippen molar-refractivity contribution in [1.82, 2.24) is 14.8 Å². The van der Waals surface area contributed by atoms with Crippen LogP contribution in [0.4, 0.5) is 10.1 Å². The highest BCUT2D eigenvalue weighted by molar-refractivity contribution is 5.97. The van der Waals surface area contributed by atoms with Gasteiger partial charge in [-0.25, -0.2) is 9.37 Å². The first kappa shape index (κ1) is 21.2. The van der Waals surface area contributed by atoms with Gasteiger partial charge in [-0.1, -0.05) is 12.1 Å². The van der Waals surface area contributed by atoms with Crippen molar-refractivity contribution in [3.8, 4) is 5.88 Å². The van der Waals surface area contributed by atoms with Crippen LogP contribution in [0.25, 0.3) is 0 Å². The second-order valence-electron chi connectivity index (χ2n) is 8.27. The number of pyridine rings is 1. The first-order valence-corrected chi connectivity index (χ1v) is 10.5. The Hall–Kier alpha value is -3.00. The topological polar surface area (TPSA) is 66.0 Å². The zero-order valence-corrected chi connectivity index (χ0v) is 18.1.